The Morgan fingerprint density at radius 3 is 1.61 bits per heavy atom. The lowest BCUT2D eigenvalue weighted by molar-refractivity contribution is -0.334. The fourth-order valence-electron chi connectivity index (χ4n) is 4.64. The first-order valence-electron chi connectivity index (χ1n) is 11.0. The Labute approximate surface area is 184 Å². The molecule has 3 fully saturated rings. The van der Waals surface area contributed by atoms with Crippen LogP contribution in [0.2, 0.25) is 0 Å². The number of ether oxygens (including phenoxy) is 8. The highest BCUT2D eigenvalue weighted by Crippen LogP contribution is 2.33. The van der Waals surface area contributed by atoms with Crippen molar-refractivity contribution >= 4 is 0 Å². The molecule has 0 aliphatic carbocycles. The van der Waals surface area contributed by atoms with Crippen LogP contribution in [0, 0.1) is 0 Å². The van der Waals surface area contributed by atoms with E-state index < -0.39 is 31.1 Å². The molecule has 0 radical (unpaired) electrons. The Morgan fingerprint density at radius 1 is 0.613 bits per heavy atom. The van der Waals surface area contributed by atoms with Gasteiger partial charge in [0.05, 0.1) is 36.6 Å². The summed E-state index contributed by atoms with van der Waals surface area (Å²) in [5.41, 5.74) is 0. The van der Waals surface area contributed by atoms with Crippen molar-refractivity contribution in [2.24, 2.45) is 0 Å². The Kier molecular flexibility index (Phi) is 9.07. The Hall–Kier alpha value is -0.400. The number of hydrogen-bond donors (Lipinski definition) is 2. The summed E-state index contributed by atoms with van der Waals surface area (Å²) in [5, 5.41) is 20.0. The summed E-state index contributed by atoms with van der Waals surface area (Å²) in [6.07, 6.45) is -4.26. The van der Waals surface area contributed by atoms with Crippen LogP contribution in [0.5, 0.6) is 0 Å². The van der Waals surface area contributed by atoms with Crippen LogP contribution in [0.25, 0.3) is 0 Å². The zero-order chi connectivity index (χ0) is 22.7. The van der Waals surface area contributed by atoms with Gasteiger partial charge in [0, 0.05) is 40.6 Å². The van der Waals surface area contributed by atoms with E-state index in [1.807, 2.05) is 13.8 Å². The molecule has 0 bridgehead atoms. The summed E-state index contributed by atoms with van der Waals surface area (Å²) in [6.45, 7) is 5.54. The molecule has 3 rings (SSSR count). The SMILES string of the molecule is CO[C@H]1CC(O)O[C@H](C)[C@H]1O[C@H]1C[C@H](OC)[C@H](O[C@H]2C[C@@H](OC)[C@@H](O)[C@@H](C)O2)[C@@H](C)O1. The van der Waals surface area contributed by atoms with Gasteiger partial charge < -0.3 is 48.1 Å². The third-order valence-electron chi connectivity index (χ3n) is 6.43. The Balaban J connectivity index is 1.60. The van der Waals surface area contributed by atoms with Gasteiger partial charge in [-0.05, 0) is 20.8 Å². The van der Waals surface area contributed by atoms with Crippen LogP contribution >= 0.6 is 0 Å². The molecule has 0 aromatic rings. The van der Waals surface area contributed by atoms with Gasteiger partial charge >= 0.3 is 0 Å². The fraction of sp³-hybridized carbons (Fsp3) is 1.00. The lowest BCUT2D eigenvalue weighted by atomic mass is 9.99. The lowest BCUT2D eigenvalue weighted by Crippen LogP contribution is -2.56. The molecule has 182 valence electrons. The molecule has 0 saturated carbocycles. The van der Waals surface area contributed by atoms with E-state index in [4.69, 9.17) is 37.9 Å². The van der Waals surface area contributed by atoms with Gasteiger partial charge in [0.15, 0.2) is 18.9 Å². The Bertz CT molecular complexity index is 550. The van der Waals surface area contributed by atoms with E-state index in [9.17, 15) is 10.2 Å². The topological polar surface area (TPSA) is 114 Å². The van der Waals surface area contributed by atoms with Gasteiger partial charge in [-0.2, -0.15) is 0 Å². The van der Waals surface area contributed by atoms with Crippen molar-refractivity contribution in [2.45, 2.75) is 114 Å². The normalized spacial score (nSPS) is 49.2. The standard InChI is InChI=1S/C21H38O10/c1-10-19(23)13(24-4)8-17(28-10)30-21-12(3)29-18(9-15(21)26-6)31-20-11(2)27-16(22)7-14(20)25-5/h10-23H,7-9H2,1-6H3/t10-,11-,12-,13-,14+,15+,16?,17+,18+,19+,20-,21-/m1/s1. The van der Waals surface area contributed by atoms with Crippen LogP contribution in [0.15, 0.2) is 0 Å². The van der Waals surface area contributed by atoms with E-state index >= 15 is 0 Å². The number of methoxy groups -OCH3 is 3. The van der Waals surface area contributed by atoms with Crippen LogP contribution in [-0.4, -0.2) is 105 Å². The molecule has 3 aliphatic rings. The summed E-state index contributed by atoms with van der Waals surface area (Å²) in [7, 11) is 4.79. The minimum atomic E-state index is -0.872. The van der Waals surface area contributed by atoms with E-state index in [-0.39, 0.29) is 42.7 Å². The van der Waals surface area contributed by atoms with Crippen molar-refractivity contribution in [3.8, 4) is 0 Å². The van der Waals surface area contributed by atoms with Gasteiger partial charge in [-0.15, -0.1) is 0 Å². The molecule has 3 heterocycles. The first-order chi connectivity index (χ1) is 14.8. The monoisotopic (exact) mass is 450 g/mol. The molecule has 12 atom stereocenters. The highest BCUT2D eigenvalue weighted by Gasteiger charge is 2.45. The second-order valence-corrected chi connectivity index (χ2v) is 8.56. The molecule has 10 heteroatoms. The van der Waals surface area contributed by atoms with Gasteiger partial charge in [-0.3, -0.25) is 0 Å². The predicted octanol–water partition coefficient (Wildman–Crippen LogP) is 0.560. The summed E-state index contributed by atoms with van der Waals surface area (Å²) in [4.78, 5) is 0. The molecule has 1 unspecified atom stereocenters. The predicted molar refractivity (Wildman–Crippen MR) is 107 cm³/mol. The smallest absolute Gasteiger partial charge is 0.161 e. The van der Waals surface area contributed by atoms with E-state index in [0.29, 0.717) is 19.3 Å². The van der Waals surface area contributed by atoms with Crippen LogP contribution < -0.4 is 0 Å². The third-order valence-corrected chi connectivity index (χ3v) is 6.43. The average molecular weight is 451 g/mol. The van der Waals surface area contributed by atoms with Crippen LogP contribution in [-0.2, 0) is 37.9 Å². The number of aliphatic hydroxyl groups is 2. The molecule has 2 N–H and O–H groups in total. The van der Waals surface area contributed by atoms with Crippen LogP contribution in [0.1, 0.15) is 40.0 Å². The number of aliphatic hydroxyl groups excluding tert-OH is 2. The second-order valence-electron chi connectivity index (χ2n) is 8.56. The first kappa shape index (κ1) is 25.2. The van der Waals surface area contributed by atoms with Crippen molar-refractivity contribution in [1.82, 2.24) is 0 Å². The molecule has 31 heavy (non-hydrogen) atoms. The molecule has 0 spiro atoms. The fourth-order valence-corrected chi connectivity index (χ4v) is 4.64. The summed E-state index contributed by atoms with van der Waals surface area (Å²) >= 11 is 0. The Morgan fingerprint density at radius 2 is 1.06 bits per heavy atom. The molecular weight excluding hydrogens is 412 g/mol. The maximum Gasteiger partial charge on any atom is 0.161 e. The molecule has 10 nitrogen and oxygen atoms in total. The van der Waals surface area contributed by atoms with Gasteiger partial charge in [0.1, 0.15) is 18.3 Å². The largest absolute Gasteiger partial charge is 0.388 e. The van der Waals surface area contributed by atoms with Crippen molar-refractivity contribution in [3.63, 3.8) is 0 Å². The maximum atomic E-state index is 10.2. The average Bonchev–Trinajstić information content (AvgIpc) is 2.73. The molecule has 3 saturated heterocycles. The van der Waals surface area contributed by atoms with E-state index in [1.165, 1.54) is 0 Å². The van der Waals surface area contributed by atoms with Gasteiger partial charge in [-0.25, -0.2) is 0 Å². The van der Waals surface area contributed by atoms with E-state index in [0.717, 1.165) is 0 Å². The summed E-state index contributed by atoms with van der Waals surface area (Å²) in [5.74, 6) is 0. The zero-order valence-electron chi connectivity index (χ0n) is 19.2. The van der Waals surface area contributed by atoms with Crippen molar-refractivity contribution in [2.75, 3.05) is 21.3 Å². The van der Waals surface area contributed by atoms with E-state index in [2.05, 4.69) is 0 Å². The highest BCUT2D eigenvalue weighted by atomic mass is 16.7. The molecular formula is C21H38O10. The van der Waals surface area contributed by atoms with Gasteiger partial charge in [0.25, 0.3) is 0 Å². The third kappa shape index (κ3) is 5.94. The molecule has 0 aromatic heterocycles. The van der Waals surface area contributed by atoms with Crippen LogP contribution in [0.3, 0.4) is 0 Å². The van der Waals surface area contributed by atoms with Crippen LogP contribution in [0.4, 0.5) is 0 Å². The second kappa shape index (κ2) is 11.1. The minimum absolute atomic E-state index is 0.285. The van der Waals surface area contributed by atoms with Crippen molar-refractivity contribution in [3.05, 3.63) is 0 Å². The molecule has 3 aliphatic heterocycles. The number of hydrogen-bond acceptors (Lipinski definition) is 10. The number of rotatable bonds is 7. The zero-order valence-corrected chi connectivity index (χ0v) is 19.2. The van der Waals surface area contributed by atoms with E-state index in [1.54, 1.807) is 28.3 Å². The van der Waals surface area contributed by atoms with Gasteiger partial charge in [-0.1, -0.05) is 0 Å². The first-order valence-corrected chi connectivity index (χ1v) is 11.0. The van der Waals surface area contributed by atoms with Crippen molar-refractivity contribution in [1.29, 1.82) is 0 Å². The van der Waals surface area contributed by atoms with Gasteiger partial charge in [0.2, 0.25) is 0 Å². The quantitative estimate of drug-likeness (QED) is 0.570. The molecule has 0 aromatic carbocycles. The summed E-state index contributed by atoms with van der Waals surface area (Å²) in [6, 6.07) is 0. The highest BCUT2D eigenvalue weighted by molar-refractivity contribution is 4.88. The van der Waals surface area contributed by atoms with Crippen molar-refractivity contribution < 1.29 is 48.1 Å². The maximum absolute atomic E-state index is 10.2. The molecule has 0 amide bonds. The lowest BCUT2D eigenvalue weighted by Gasteiger charge is -2.45. The minimum Gasteiger partial charge on any atom is -0.388 e. The summed E-state index contributed by atoms with van der Waals surface area (Å²) < 4.78 is 46.4.